The van der Waals surface area contributed by atoms with Crippen molar-refractivity contribution in [3.05, 3.63) is 127 Å². The van der Waals surface area contributed by atoms with Crippen LogP contribution in [0.5, 0.6) is 0 Å². The van der Waals surface area contributed by atoms with E-state index in [1.54, 1.807) is 0 Å². The van der Waals surface area contributed by atoms with E-state index in [1.807, 2.05) is 12.1 Å². The molecule has 31 heavy (non-hydrogen) atoms. The minimum Gasteiger partial charge on any atom is -0.398 e. The summed E-state index contributed by atoms with van der Waals surface area (Å²) in [6, 6.07) is 44.2. The van der Waals surface area contributed by atoms with Crippen LogP contribution >= 0.6 is 0 Å². The molecule has 5 aromatic rings. The molecule has 0 radical (unpaired) electrons. The molecule has 0 fully saturated rings. The van der Waals surface area contributed by atoms with Crippen molar-refractivity contribution in [3.8, 4) is 44.5 Å². The SMILES string of the molecule is Nc1c(-c2ccccc2)cc(-c2ccccc2)c(-c2ccccc2)c1-c1ccccc1. The molecule has 0 saturated carbocycles. The first-order valence-electron chi connectivity index (χ1n) is 10.5. The number of anilines is 1. The molecule has 1 heteroatoms. The molecule has 0 aliphatic heterocycles. The van der Waals surface area contributed by atoms with Crippen LogP contribution in [-0.4, -0.2) is 0 Å². The Hall–Kier alpha value is -4.10. The summed E-state index contributed by atoms with van der Waals surface area (Å²) < 4.78 is 0. The molecule has 0 amide bonds. The molecule has 148 valence electrons. The van der Waals surface area contributed by atoms with Gasteiger partial charge in [-0.25, -0.2) is 0 Å². The van der Waals surface area contributed by atoms with E-state index >= 15 is 0 Å². The summed E-state index contributed by atoms with van der Waals surface area (Å²) in [5.41, 5.74) is 16.8. The van der Waals surface area contributed by atoms with Crippen molar-refractivity contribution in [2.75, 3.05) is 5.73 Å². The number of rotatable bonds is 4. The normalized spacial score (nSPS) is 10.7. The van der Waals surface area contributed by atoms with Gasteiger partial charge >= 0.3 is 0 Å². The van der Waals surface area contributed by atoms with Gasteiger partial charge in [0.05, 0.1) is 0 Å². The second kappa shape index (κ2) is 8.33. The minimum atomic E-state index is 0.802. The van der Waals surface area contributed by atoms with Gasteiger partial charge in [0.2, 0.25) is 0 Å². The Labute approximate surface area is 183 Å². The Kier molecular flexibility index (Phi) is 5.08. The van der Waals surface area contributed by atoms with Crippen LogP contribution in [0.25, 0.3) is 44.5 Å². The first-order valence-corrected chi connectivity index (χ1v) is 10.5. The Morgan fingerprint density at radius 3 is 1.16 bits per heavy atom. The van der Waals surface area contributed by atoms with Crippen molar-refractivity contribution >= 4 is 5.69 Å². The van der Waals surface area contributed by atoms with E-state index in [0.717, 1.165) is 39.1 Å². The molecular formula is C30H23N. The van der Waals surface area contributed by atoms with Crippen LogP contribution in [0.4, 0.5) is 5.69 Å². The largest absolute Gasteiger partial charge is 0.398 e. The third kappa shape index (κ3) is 3.62. The van der Waals surface area contributed by atoms with Crippen molar-refractivity contribution < 1.29 is 0 Å². The maximum Gasteiger partial charge on any atom is 0.0480 e. The van der Waals surface area contributed by atoms with Gasteiger partial charge in [0, 0.05) is 16.8 Å². The minimum absolute atomic E-state index is 0.802. The highest BCUT2D eigenvalue weighted by Gasteiger charge is 2.20. The Bertz CT molecular complexity index is 1290. The highest BCUT2D eigenvalue weighted by Crippen LogP contribution is 2.47. The predicted molar refractivity (Wildman–Crippen MR) is 133 cm³/mol. The zero-order valence-electron chi connectivity index (χ0n) is 17.2. The van der Waals surface area contributed by atoms with Gasteiger partial charge in [-0.05, 0) is 39.4 Å². The number of hydrogen-bond acceptors (Lipinski definition) is 1. The fourth-order valence-electron chi connectivity index (χ4n) is 4.21. The van der Waals surface area contributed by atoms with E-state index in [0.29, 0.717) is 0 Å². The number of nitrogens with two attached hydrogens (primary N) is 1. The van der Waals surface area contributed by atoms with Crippen molar-refractivity contribution in [3.63, 3.8) is 0 Å². The lowest BCUT2D eigenvalue weighted by Crippen LogP contribution is -2.00. The molecule has 0 spiro atoms. The number of benzene rings is 5. The molecule has 0 aromatic heterocycles. The van der Waals surface area contributed by atoms with Crippen LogP contribution in [0.1, 0.15) is 0 Å². The van der Waals surface area contributed by atoms with E-state index in [4.69, 9.17) is 5.73 Å². The Morgan fingerprint density at radius 2 is 0.710 bits per heavy atom. The monoisotopic (exact) mass is 397 g/mol. The zero-order chi connectivity index (χ0) is 21.0. The fraction of sp³-hybridized carbons (Fsp3) is 0. The quantitative estimate of drug-likeness (QED) is 0.306. The van der Waals surface area contributed by atoms with Gasteiger partial charge in [0.1, 0.15) is 0 Å². The lowest BCUT2D eigenvalue weighted by Gasteiger charge is -2.22. The van der Waals surface area contributed by atoms with E-state index < -0.39 is 0 Å². The first kappa shape index (κ1) is 18.9. The molecule has 0 aliphatic carbocycles. The molecule has 0 heterocycles. The van der Waals surface area contributed by atoms with Crippen molar-refractivity contribution in [2.24, 2.45) is 0 Å². The second-order valence-electron chi connectivity index (χ2n) is 7.60. The molecule has 5 aromatic carbocycles. The van der Waals surface area contributed by atoms with Crippen molar-refractivity contribution in [1.82, 2.24) is 0 Å². The summed E-state index contributed by atoms with van der Waals surface area (Å²) in [5.74, 6) is 0. The first-order chi connectivity index (χ1) is 15.3. The predicted octanol–water partition coefficient (Wildman–Crippen LogP) is 7.94. The molecule has 0 unspecified atom stereocenters. The van der Waals surface area contributed by atoms with E-state index in [2.05, 4.69) is 115 Å². The summed E-state index contributed by atoms with van der Waals surface area (Å²) in [5, 5.41) is 0. The van der Waals surface area contributed by atoms with Crippen LogP contribution in [0.15, 0.2) is 127 Å². The summed E-state index contributed by atoms with van der Waals surface area (Å²) in [6.07, 6.45) is 0. The average Bonchev–Trinajstić information content (AvgIpc) is 2.86. The van der Waals surface area contributed by atoms with Crippen LogP contribution in [0.2, 0.25) is 0 Å². The molecular weight excluding hydrogens is 374 g/mol. The van der Waals surface area contributed by atoms with Gasteiger partial charge in [0.25, 0.3) is 0 Å². The summed E-state index contributed by atoms with van der Waals surface area (Å²) in [4.78, 5) is 0. The second-order valence-corrected chi connectivity index (χ2v) is 7.60. The lowest BCUT2D eigenvalue weighted by molar-refractivity contribution is 1.54. The molecule has 0 atom stereocenters. The maximum atomic E-state index is 6.93. The topological polar surface area (TPSA) is 26.0 Å². The summed E-state index contributed by atoms with van der Waals surface area (Å²) in [6.45, 7) is 0. The van der Waals surface area contributed by atoms with Gasteiger partial charge in [-0.3, -0.25) is 0 Å². The highest BCUT2D eigenvalue weighted by atomic mass is 14.6. The molecule has 2 N–H and O–H groups in total. The van der Waals surface area contributed by atoms with Gasteiger partial charge < -0.3 is 5.73 Å². The van der Waals surface area contributed by atoms with Gasteiger partial charge in [0.15, 0.2) is 0 Å². The van der Waals surface area contributed by atoms with E-state index in [1.165, 1.54) is 11.1 Å². The molecule has 1 nitrogen and oxygen atoms in total. The smallest absolute Gasteiger partial charge is 0.0480 e. The van der Waals surface area contributed by atoms with Crippen molar-refractivity contribution in [1.29, 1.82) is 0 Å². The summed E-state index contributed by atoms with van der Waals surface area (Å²) >= 11 is 0. The van der Waals surface area contributed by atoms with Crippen LogP contribution < -0.4 is 5.73 Å². The number of hydrogen-bond donors (Lipinski definition) is 1. The average molecular weight is 398 g/mol. The number of nitrogen functional groups attached to an aromatic ring is 1. The highest BCUT2D eigenvalue weighted by molar-refractivity contribution is 6.05. The van der Waals surface area contributed by atoms with E-state index in [9.17, 15) is 0 Å². The van der Waals surface area contributed by atoms with Crippen LogP contribution in [0.3, 0.4) is 0 Å². The lowest BCUT2D eigenvalue weighted by atomic mass is 9.83. The third-order valence-electron chi connectivity index (χ3n) is 5.66. The summed E-state index contributed by atoms with van der Waals surface area (Å²) in [7, 11) is 0. The van der Waals surface area contributed by atoms with Crippen LogP contribution in [-0.2, 0) is 0 Å². The zero-order valence-corrected chi connectivity index (χ0v) is 17.2. The van der Waals surface area contributed by atoms with Gasteiger partial charge in [-0.15, -0.1) is 0 Å². The molecule has 5 rings (SSSR count). The maximum absolute atomic E-state index is 6.93. The fourth-order valence-corrected chi connectivity index (χ4v) is 4.21. The molecule has 0 saturated heterocycles. The van der Waals surface area contributed by atoms with Crippen molar-refractivity contribution in [2.45, 2.75) is 0 Å². The van der Waals surface area contributed by atoms with Gasteiger partial charge in [-0.2, -0.15) is 0 Å². The van der Waals surface area contributed by atoms with Crippen LogP contribution in [0, 0.1) is 0 Å². The Balaban J connectivity index is 1.93. The van der Waals surface area contributed by atoms with E-state index in [-0.39, 0.29) is 0 Å². The molecule has 0 bridgehead atoms. The van der Waals surface area contributed by atoms with Gasteiger partial charge in [-0.1, -0.05) is 121 Å². The Morgan fingerprint density at radius 1 is 0.355 bits per heavy atom. The standard InChI is InChI=1S/C30H23N/c31-30-27(23-15-7-2-8-16-23)21-26(22-13-5-1-6-14-22)28(24-17-9-3-10-18-24)29(30)25-19-11-4-12-20-25/h1-21H,31H2. The third-order valence-corrected chi connectivity index (χ3v) is 5.66. The molecule has 0 aliphatic rings.